The van der Waals surface area contributed by atoms with Gasteiger partial charge in [0.05, 0.1) is 6.42 Å². The van der Waals surface area contributed by atoms with Crippen LogP contribution in [0.4, 0.5) is 8.78 Å². The van der Waals surface area contributed by atoms with E-state index in [0.717, 1.165) is 25.9 Å². The molecular weight excluding hydrogens is 278 g/mol. The van der Waals surface area contributed by atoms with Gasteiger partial charge >= 0.3 is 6.61 Å². The molecule has 0 saturated carbocycles. The van der Waals surface area contributed by atoms with Crippen molar-refractivity contribution in [3.63, 3.8) is 0 Å². The summed E-state index contributed by atoms with van der Waals surface area (Å²) in [5.41, 5.74) is 0.230. The second-order valence-corrected chi connectivity index (χ2v) is 5.52. The number of benzene rings is 1. The van der Waals surface area contributed by atoms with Gasteiger partial charge in [-0.25, -0.2) is 0 Å². The molecule has 1 fully saturated rings. The third-order valence-corrected chi connectivity index (χ3v) is 3.69. The van der Waals surface area contributed by atoms with Crippen molar-refractivity contribution < 1.29 is 18.3 Å². The first kappa shape index (κ1) is 15.7. The van der Waals surface area contributed by atoms with Crippen molar-refractivity contribution in [2.75, 3.05) is 13.1 Å². The molecule has 116 valence electrons. The van der Waals surface area contributed by atoms with Crippen molar-refractivity contribution in [3.05, 3.63) is 29.8 Å². The van der Waals surface area contributed by atoms with Crippen LogP contribution in [-0.4, -0.2) is 31.1 Å². The van der Waals surface area contributed by atoms with Crippen molar-refractivity contribution in [3.8, 4) is 5.75 Å². The molecule has 0 radical (unpaired) electrons. The lowest BCUT2D eigenvalue weighted by Crippen LogP contribution is -2.52. The van der Waals surface area contributed by atoms with Crippen LogP contribution in [0.25, 0.3) is 0 Å². The molecule has 1 aromatic carbocycles. The molecule has 1 heterocycles. The Morgan fingerprint density at radius 3 is 2.71 bits per heavy atom. The number of nitrogens with one attached hydrogen (secondary N) is 2. The monoisotopic (exact) mass is 298 g/mol. The summed E-state index contributed by atoms with van der Waals surface area (Å²) >= 11 is 0. The van der Waals surface area contributed by atoms with Crippen LogP contribution < -0.4 is 15.4 Å². The number of rotatable bonds is 5. The molecular formula is C15H20F2N2O2. The summed E-state index contributed by atoms with van der Waals surface area (Å²) < 4.78 is 29.1. The maximum atomic E-state index is 12.3. The standard InChI is InChI=1S/C15H20F2N2O2/c1-15(6-8-18-9-7-15)19-13(20)10-11-4-2-3-5-12(11)21-14(16)17/h2-5,14,18H,6-10H2,1H3,(H,19,20). The molecule has 0 bridgehead atoms. The molecule has 2 rings (SSSR count). The van der Waals surface area contributed by atoms with Crippen LogP contribution in [0.15, 0.2) is 24.3 Å². The Balaban J connectivity index is 1.99. The van der Waals surface area contributed by atoms with E-state index in [2.05, 4.69) is 15.4 Å². The highest BCUT2D eigenvalue weighted by atomic mass is 19.3. The molecule has 0 aliphatic carbocycles. The highest BCUT2D eigenvalue weighted by Crippen LogP contribution is 2.22. The van der Waals surface area contributed by atoms with Crippen LogP contribution in [0.5, 0.6) is 5.75 Å². The van der Waals surface area contributed by atoms with Gasteiger partial charge in [0.2, 0.25) is 5.91 Å². The van der Waals surface area contributed by atoms with E-state index in [4.69, 9.17) is 0 Å². The number of carbonyl (C=O) groups is 1. The average Bonchev–Trinajstić information content (AvgIpc) is 2.40. The number of para-hydroxylation sites is 1. The molecule has 1 amide bonds. The van der Waals surface area contributed by atoms with Gasteiger partial charge < -0.3 is 15.4 Å². The summed E-state index contributed by atoms with van der Waals surface area (Å²) in [6.45, 7) is 0.841. The summed E-state index contributed by atoms with van der Waals surface area (Å²) in [6, 6.07) is 6.38. The van der Waals surface area contributed by atoms with E-state index >= 15 is 0 Å². The minimum Gasteiger partial charge on any atom is -0.435 e. The number of halogens is 2. The molecule has 0 atom stereocenters. The summed E-state index contributed by atoms with van der Waals surface area (Å²) in [5, 5.41) is 6.24. The van der Waals surface area contributed by atoms with E-state index in [1.54, 1.807) is 18.2 Å². The maximum Gasteiger partial charge on any atom is 0.387 e. The largest absolute Gasteiger partial charge is 0.435 e. The van der Waals surface area contributed by atoms with E-state index in [1.807, 2.05) is 6.92 Å². The molecule has 0 unspecified atom stereocenters. The SMILES string of the molecule is CC1(NC(=O)Cc2ccccc2OC(F)F)CCNCC1. The van der Waals surface area contributed by atoms with E-state index in [-0.39, 0.29) is 23.6 Å². The zero-order valence-electron chi connectivity index (χ0n) is 12.0. The molecule has 0 spiro atoms. The Bertz CT molecular complexity index is 488. The molecule has 21 heavy (non-hydrogen) atoms. The molecule has 1 saturated heterocycles. The van der Waals surface area contributed by atoms with Crippen molar-refractivity contribution >= 4 is 5.91 Å². The normalized spacial score (nSPS) is 17.5. The summed E-state index contributed by atoms with van der Waals surface area (Å²) in [7, 11) is 0. The Labute approximate surface area is 122 Å². The van der Waals surface area contributed by atoms with Gasteiger partial charge in [-0.3, -0.25) is 4.79 Å². The number of ether oxygens (including phenoxy) is 1. The number of carbonyl (C=O) groups excluding carboxylic acids is 1. The van der Waals surface area contributed by atoms with E-state index < -0.39 is 6.61 Å². The van der Waals surface area contributed by atoms with Crippen LogP contribution in [0, 0.1) is 0 Å². The van der Waals surface area contributed by atoms with E-state index in [9.17, 15) is 13.6 Å². The quantitative estimate of drug-likeness (QED) is 0.875. The van der Waals surface area contributed by atoms with Crippen LogP contribution in [0.2, 0.25) is 0 Å². The Morgan fingerprint density at radius 2 is 2.05 bits per heavy atom. The van der Waals surface area contributed by atoms with Gasteiger partial charge in [-0.1, -0.05) is 18.2 Å². The number of amides is 1. The number of piperidine rings is 1. The Morgan fingerprint density at radius 1 is 1.38 bits per heavy atom. The zero-order valence-corrected chi connectivity index (χ0v) is 12.0. The predicted molar refractivity (Wildman–Crippen MR) is 75.4 cm³/mol. The van der Waals surface area contributed by atoms with Gasteiger partial charge in [-0.05, 0) is 38.9 Å². The van der Waals surface area contributed by atoms with Crippen LogP contribution >= 0.6 is 0 Å². The Kier molecular flexibility index (Phi) is 5.12. The number of hydrogen-bond acceptors (Lipinski definition) is 3. The summed E-state index contributed by atoms with van der Waals surface area (Å²) in [4.78, 5) is 12.1. The fourth-order valence-electron chi connectivity index (χ4n) is 2.52. The van der Waals surface area contributed by atoms with Crippen molar-refractivity contribution in [1.82, 2.24) is 10.6 Å². The lowest BCUT2D eigenvalue weighted by Gasteiger charge is -2.35. The average molecular weight is 298 g/mol. The third kappa shape index (κ3) is 4.67. The highest BCUT2D eigenvalue weighted by molar-refractivity contribution is 5.80. The second-order valence-electron chi connectivity index (χ2n) is 5.52. The van der Waals surface area contributed by atoms with Crippen LogP contribution in [0.3, 0.4) is 0 Å². The molecule has 4 nitrogen and oxygen atoms in total. The lowest BCUT2D eigenvalue weighted by molar-refractivity contribution is -0.122. The van der Waals surface area contributed by atoms with Gasteiger partial charge in [0.1, 0.15) is 5.75 Å². The van der Waals surface area contributed by atoms with E-state index in [1.165, 1.54) is 6.07 Å². The van der Waals surface area contributed by atoms with Crippen molar-refractivity contribution in [1.29, 1.82) is 0 Å². The summed E-state index contributed by atoms with van der Waals surface area (Å²) in [6.07, 6.45) is 1.74. The first-order valence-electron chi connectivity index (χ1n) is 7.03. The minimum absolute atomic E-state index is 0.0336. The van der Waals surface area contributed by atoms with Gasteiger partial charge in [0, 0.05) is 11.1 Å². The Hall–Kier alpha value is -1.69. The number of alkyl halides is 2. The van der Waals surface area contributed by atoms with Crippen LogP contribution in [-0.2, 0) is 11.2 Å². The fraction of sp³-hybridized carbons (Fsp3) is 0.533. The summed E-state index contributed by atoms with van der Waals surface area (Å²) in [5.74, 6) is -0.122. The molecule has 1 aromatic rings. The van der Waals surface area contributed by atoms with Crippen LogP contribution in [0.1, 0.15) is 25.3 Å². The maximum absolute atomic E-state index is 12.3. The lowest BCUT2D eigenvalue weighted by atomic mass is 9.90. The minimum atomic E-state index is -2.89. The first-order valence-corrected chi connectivity index (χ1v) is 7.03. The molecule has 0 aromatic heterocycles. The van der Waals surface area contributed by atoms with Crippen molar-refractivity contribution in [2.45, 2.75) is 38.3 Å². The first-order chi connectivity index (χ1) is 9.98. The van der Waals surface area contributed by atoms with Gasteiger partial charge in [0.15, 0.2) is 0 Å². The van der Waals surface area contributed by atoms with E-state index in [0.29, 0.717) is 5.56 Å². The zero-order chi connectivity index (χ0) is 15.3. The molecule has 6 heteroatoms. The second kappa shape index (κ2) is 6.85. The third-order valence-electron chi connectivity index (χ3n) is 3.69. The smallest absolute Gasteiger partial charge is 0.387 e. The topological polar surface area (TPSA) is 50.4 Å². The molecule has 1 aliphatic rings. The highest BCUT2D eigenvalue weighted by Gasteiger charge is 2.28. The van der Waals surface area contributed by atoms with Crippen molar-refractivity contribution in [2.24, 2.45) is 0 Å². The molecule has 2 N–H and O–H groups in total. The van der Waals surface area contributed by atoms with Gasteiger partial charge in [0.25, 0.3) is 0 Å². The number of hydrogen-bond donors (Lipinski definition) is 2. The predicted octanol–water partition coefficient (Wildman–Crippen LogP) is 2.09. The fourth-order valence-corrected chi connectivity index (χ4v) is 2.52. The van der Waals surface area contributed by atoms with Gasteiger partial charge in [-0.15, -0.1) is 0 Å². The van der Waals surface area contributed by atoms with Gasteiger partial charge in [-0.2, -0.15) is 8.78 Å². The molecule has 1 aliphatic heterocycles.